The second-order valence-electron chi connectivity index (χ2n) is 12.8. The van der Waals surface area contributed by atoms with Crippen molar-refractivity contribution in [2.75, 3.05) is 18.9 Å². The van der Waals surface area contributed by atoms with Gasteiger partial charge in [0.05, 0.1) is 12.6 Å². The summed E-state index contributed by atoms with van der Waals surface area (Å²) in [6, 6.07) is -6.88. The van der Waals surface area contributed by atoms with Gasteiger partial charge < -0.3 is 48.3 Å². The number of aliphatic hydroxyl groups excluding tert-OH is 1. The third-order valence-electron chi connectivity index (χ3n) is 6.93. The molecule has 266 valence electrons. The summed E-state index contributed by atoms with van der Waals surface area (Å²) < 4.78 is 0. The molecule has 0 bridgehead atoms. The standard InChI is InChI=1S/C30H57N7O8S/c1-16(2)11-19(32)25(39)37-24(15-46)29(43)33-20(9-7-8-10-31)26(40)34-21(12-17(3)4)27(41)36-23(14-38)28(42)35-22(30(44)45)13-18(5)6/h16-24,38,46H,7-15,31-32H2,1-6H3,(H,33,43)(H,34,40)(H,35,42)(H,36,41)(H,37,39)(H,44,45)/t19-,20-,21-,22-,23-,24-/m0/s1. The molecule has 0 radical (unpaired) electrons. The number of hydrogen-bond donors (Lipinski definition) is 10. The van der Waals surface area contributed by atoms with Crippen molar-refractivity contribution < 1.29 is 39.0 Å². The maximum Gasteiger partial charge on any atom is 0.326 e. The minimum atomic E-state index is -1.48. The van der Waals surface area contributed by atoms with Gasteiger partial charge in [-0.25, -0.2) is 4.79 Å². The molecule has 0 aromatic rings. The van der Waals surface area contributed by atoms with Crippen LogP contribution in [0.2, 0.25) is 0 Å². The van der Waals surface area contributed by atoms with Gasteiger partial charge in [-0.3, -0.25) is 24.0 Å². The molecule has 0 rings (SSSR count). The third-order valence-corrected chi connectivity index (χ3v) is 7.30. The maximum absolute atomic E-state index is 13.5. The number of aliphatic hydroxyl groups is 1. The van der Waals surface area contributed by atoms with E-state index in [1.54, 1.807) is 13.8 Å². The zero-order valence-corrected chi connectivity index (χ0v) is 28.9. The number of aliphatic carboxylic acids is 1. The molecule has 5 amide bonds. The largest absolute Gasteiger partial charge is 0.480 e. The van der Waals surface area contributed by atoms with Gasteiger partial charge >= 0.3 is 5.97 Å². The van der Waals surface area contributed by atoms with Crippen molar-refractivity contribution in [2.24, 2.45) is 29.2 Å². The Labute approximate surface area is 277 Å². The van der Waals surface area contributed by atoms with Gasteiger partial charge in [0, 0.05) is 5.75 Å². The number of rotatable bonds is 23. The molecule has 15 nitrogen and oxygen atoms in total. The van der Waals surface area contributed by atoms with Crippen LogP contribution in [0.5, 0.6) is 0 Å². The molecule has 0 spiro atoms. The van der Waals surface area contributed by atoms with Crippen LogP contribution in [0.1, 0.15) is 80.1 Å². The number of amides is 5. The summed E-state index contributed by atoms with van der Waals surface area (Å²) in [5, 5.41) is 31.9. The number of hydrogen-bond acceptors (Lipinski definition) is 10. The Morgan fingerprint density at radius 2 is 1.02 bits per heavy atom. The topological polar surface area (TPSA) is 255 Å². The predicted molar refractivity (Wildman–Crippen MR) is 177 cm³/mol. The van der Waals surface area contributed by atoms with Crippen LogP contribution in [0.4, 0.5) is 0 Å². The van der Waals surface area contributed by atoms with Gasteiger partial charge in [0.15, 0.2) is 0 Å². The maximum atomic E-state index is 13.5. The minimum Gasteiger partial charge on any atom is -0.480 e. The van der Waals surface area contributed by atoms with E-state index in [4.69, 9.17) is 11.5 Å². The summed E-state index contributed by atoms with van der Waals surface area (Å²) in [7, 11) is 0. The lowest BCUT2D eigenvalue weighted by molar-refractivity contribution is -0.143. The Bertz CT molecular complexity index is 998. The Morgan fingerprint density at radius 3 is 1.50 bits per heavy atom. The van der Waals surface area contributed by atoms with Crippen molar-refractivity contribution in [1.29, 1.82) is 0 Å². The highest BCUT2D eigenvalue weighted by molar-refractivity contribution is 7.80. The number of nitrogens with two attached hydrogens (primary N) is 2. The number of carbonyl (C=O) groups is 6. The summed E-state index contributed by atoms with van der Waals surface area (Å²) in [5.74, 6) is -4.84. The fourth-order valence-electron chi connectivity index (χ4n) is 4.53. The fourth-order valence-corrected chi connectivity index (χ4v) is 4.79. The molecule has 0 aromatic heterocycles. The summed E-state index contributed by atoms with van der Waals surface area (Å²) >= 11 is 4.18. The molecule has 16 heteroatoms. The van der Waals surface area contributed by atoms with Gasteiger partial charge in [-0.15, -0.1) is 0 Å². The monoisotopic (exact) mass is 675 g/mol. The lowest BCUT2D eigenvalue weighted by Crippen LogP contribution is -2.60. The lowest BCUT2D eigenvalue weighted by atomic mass is 10.0. The van der Waals surface area contributed by atoms with Crippen molar-refractivity contribution in [1.82, 2.24) is 26.6 Å². The third kappa shape index (κ3) is 17.1. The summed E-state index contributed by atoms with van der Waals surface area (Å²) in [6.07, 6.45) is 1.91. The average molecular weight is 676 g/mol. The smallest absolute Gasteiger partial charge is 0.326 e. The number of carboxylic acids is 1. The number of carbonyl (C=O) groups excluding carboxylic acids is 5. The molecule has 0 aliphatic heterocycles. The molecular formula is C30H57N7O8S. The molecule has 0 aliphatic rings. The molecule has 11 N–H and O–H groups in total. The van der Waals surface area contributed by atoms with Crippen LogP contribution in [0.15, 0.2) is 0 Å². The van der Waals surface area contributed by atoms with Gasteiger partial charge in [0.25, 0.3) is 0 Å². The summed E-state index contributed by atoms with van der Waals surface area (Å²) in [6.45, 7) is 10.6. The van der Waals surface area contributed by atoms with E-state index in [0.717, 1.165) is 0 Å². The Kier molecular flexibility index (Phi) is 21.1. The van der Waals surface area contributed by atoms with E-state index in [2.05, 4.69) is 39.2 Å². The molecular weight excluding hydrogens is 618 g/mol. The van der Waals surface area contributed by atoms with Gasteiger partial charge in [-0.05, 0) is 62.8 Å². The molecule has 0 aliphatic carbocycles. The van der Waals surface area contributed by atoms with E-state index in [0.29, 0.717) is 25.8 Å². The molecule has 0 saturated carbocycles. The highest BCUT2D eigenvalue weighted by atomic mass is 32.1. The van der Waals surface area contributed by atoms with E-state index in [1.165, 1.54) is 0 Å². The lowest BCUT2D eigenvalue weighted by Gasteiger charge is -2.27. The zero-order valence-electron chi connectivity index (χ0n) is 28.0. The molecule has 46 heavy (non-hydrogen) atoms. The van der Waals surface area contributed by atoms with Crippen LogP contribution in [-0.4, -0.2) is 101 Å². The first-order chi connectivity index (χ1) is 21.5. The number of carboxylic acid groups (broad SMARTS) is 1. The van der Waals surface area contributed by atoms with Crippen molar-refractivity contribution in [3.05, 3.63) is 0 Å². The van der Waals surface area contributed by atoms with Gasteiger partial charge in [0.2, 0.25) is 29.5 Å². The van der Waals surface area contributed by atoms with E-state index in [1.807, 2.05) is 27.7 Å². The average Bonchev–Trinajstić information content (AvgIpc) is 2.95. The molecule has 6 atom stereocenters. The first-order valence-corrected chi connectivity index (χ1v) is 16.5. The molecule has 0 unspecified atom stereocenters. The minimum absolute atomic E-state index is 0.0470. The SMILES string of the molecule is CC(C)C[C@H](NC(=O)[C@H](CO)NC(=O)[C@H](CC(C)C)NC(=O)[C@H](CCCCN)NC(=O)[C@H](CS)NC(=O)[C@@H](N)CC(C)C)C(=O)O. The van der Waals surface area contributed by atoms with Crippen molar-refractivity contribution in [2.45, 2.75) is 116 Å². The van der Waals surface area contributed by atoms with Gasteiger partial charge in [-0.2, -0.15) is 12.6 Å². The Morgan fingerprint density at radius 1 is 0.609 bits per heavy atom. The van der Waals surface area contributed by atoms with Gasteiger partial charge in [0.1, 0.15) is 30.2 Å². The van der Waals surface area contributed by atoms with Gasteiger partial charge in [-0.1, -0.05) is 41.5 Å². The van der Waals surface area contributed by atoms with Crippen LogP contribution < -0.4 is 38.1 Å². The number of unbranched alkanes of at least 4 members (excludes halogenated alkanes) is 1. The first kappa shape index (κ1) is 43.0. The van der Waals surface area contributed by atoms with Crippen LogP contribution in [0.3, 0.4) is 0 Å². The number of thiol groups is 1. The summed E-state index contributed by atoms with van der Waals surface area (Å²) in [4.78, 5) is 76.8. The Hall–Kier alpha value is -2.95. The second kappa shape index (κ2) is 22.6. The Balaban J connectivity index is 5.83. The van der Waals surface area contributed by atoms with E-state index in [9.17, 15) is 39.0 Å². The second-order valence-corrected chi connectivity index (χ2v) is 13.2. The van der Waals surface area contributed by atoms with E-state index >= 15 is 0 Å². The van der Waals surface area contributed by atoms with E-state index in [-0.39, 0.29) is 42.8 Å². The predicted octanol–water partition coefficient (Wildman–Crippen LogP) is -0.988. The van der Waals surface area contributed by atoms with Crippen LogP contribution in [0, 0.1) is 17.8 Å². The van der Waals surface area contributed by atoms with Crippen molar-refractivity contribution in [3.8, 4) is 0 Å². The zero-order chi connectivity index (χ0) is 35.6. The van der Waals surface area contributed by atoms with Crippen molar-refractivity contribution >= 4 is 48.1 Å². The van der Waals surface area contributed by atoms with Crippen LogP contribution >= 0.6 is 12.6 Å². The molecule has 0 heterocycles. The quantitative estimate of drug-likeness (QED) is 0.0467. The molecule has 0 aromatic carbocycles. The normalized spacial score (nSPS) is 15.3. The number of nitrogens with one attached hydrogen (secondary N) is 5. The summed E-state index contributed by atoms with van der Waals surface area (Å²) in [5.41, 5.74) is 11.6. The highest BCUT2D eigenvalue weighted by Crippen LogP contribution is 2.10. The van der Waals surface area contributed by atoms with E-state index < -0.39 is 78.4 Å². The van der Waals surface area contributed by atoms with Crippen LogP contribution in [-0.2, 0) is 28.8 Å². The highest BCUT2D eigenvalue weighted by Gasteiger charge is 2.33. The van der Waals surface area contributed by atoms with Crippen LogP contribution in [0.25, 0.3) is 0 Å². The molecule has 0 saturated heterocycles. The van der Waals surface area contributed by atoms with Crippen molar-refractivity contribution in [3.63, 3.8) is 0 Å². The first-order valence-electron chi connectivity index (χ1n) is 15.9. The fraction of sp³-hybridized carbons (Fsp3) is 0.800. The molecule has 0 fully saturated rings.